The molecule has 3 rings (SSSR count). The zero-order valence-corrected chi connectivity index (χ0v) is 35.6. The number of benzene rings is 1. The molecule has 0 amide bonds. The number of nitrogens with zero attached hydrogens (tertiary/aromatic N) is 2. The highest BCUT2D eigenvalue weighted by atomic mass is 32.1. The summed E-state index contributed by atoms with van der Waals surface area (Å²) in [7, 11) is -6.62. The number of ether oxygens (including phenoxy) is 2. The molecule has 11 heteroatoms. The van der Waals surface area contributed by atoms with Crippen LogP contribution in [-0.4, -0.2) is 59.4 Å². The van der Waals surface area contributed by atoms with Gasteiger partial charge in [0.1, 0.15) is 24.1 Å². The van der Waals surface area contributed by atoms with E-state index in [1.807, 2.05) is 48.9 Å². The van der Waals surface area contributed by atoms with Gasteiger partial charge in [0.15, 0.2) is 31.2 Å². The molecule has 1 aliphatic heterocycles. The SMILES string of the molecule is Cc1cccc(C)c1Oc1ccn([C@@H]2O[C@H](CO[Si](C)(C)C(C)(C)C)[C@@H](O[Si](C)(C)C(C)(C)C)[C@H]2O[Si](C)(C)C(C)(C)C)c(=S)n1. The minimum Gasteiger partial charge on any atom is -0.438 e. The lowest BCUT2D eigenvalue weighted by atomic mass is 10.1. The second-order valence-electron chi connectivity index (χ2n) is 17.6. The average Bonchev–Trinajstić information content (AvgIpc) is 3.18. The molecule has 1 aliphatic rings. The number of para-hydroxylation sites is 1. The number of hydrogen-bond acceptors (Lipinski definition) is 7. The highest BCUT2D eigenvalue weighted by Crippen LogP contribution is 2.46. The van der Waals surface area contributed by atoms with Gasteiger partial charge >= 0.3 is 0 Å². The first-order valence-electron chi connectivity index (χ1n) is 16.7. The van der Waals surface area contributed by atoms with Crippen LogP contribution in [0.1, 0.15) is 79.7 Å². The van der Waals surface area contributed by atoms with Gasteiger partial charge in [-0.25, -0.2) is 0 Å². The van der Waals surface area contributed by atoms with Crippen LogP contribution in [0.3, 0.4) is 0 Å². The Kier molecular flexibility index (Phi) is 11.6. The second-order valence-corrected chi connectivity index (χ2v) is 32.3. The van der Waals surface area contributed by atoms with Crippen LogP contribution < -0.4 is 4.74 Å². The van der Waals surface area contributed by atoms with Crippen molar-refractivity contribution < 1.29 is 22.8 Å². The quantitative estimate of drug-likeness (QED) is 0.180. The largest absolute Gasteiger partial charge is 0.438 e. The molecule has 1 aromatic carbocycles. The average molecular weight is 707 g/mol. The van der Waals surface area contributed by atoms with Crippen LogP contribution in [-0.2, 0) is 18.0 Å². The molecule has 1 aromatic heterocycles. The normalized spacial score (nSPS) is 21.9. The summed E-state index contributed by atoms with van der Waals surface area (Å²) >= 11 is 5.94. The molecule has 2 aromatic rings. The van der Waals surface area contributed by atoms with Gasteiger partial charge in [-0.05, 0) is 91.6 Å². The van der Waals surface area contributed by atoms with Crippen molar-refractivity contribution in [3.8, 4) is 11.6 Å². The molecule has 0 radical (unpaired) electrons. The van der Waals surface area contributed by atoms with E-state index in [1.54, 1.807) is 0 Å². The van der Waals surface area contributed by atoms with Crippen molar-refractivity contribution in [1.29, 1.82) is 0 Å². The minimum atomic E-state index is -2.29. The lowest BCUT2D eigenvalue weighted by Gasteiger charge is -2.44. The molecule has 0 N–H and O–H groups in total. The lowest BCUT2D eigenvalue weighted by Crippen LogP contribution is -2.54. The summed E-state index contributed by atoms with van der Waals surface area (Å²) in [6.45, 7) is 38.6. The summed E-state index contributed by atoms with van der Waals surface area (Å²) < 4.78 is 36.9. The molecule has 0 aliphatic carbocycles. The number of hydrogen-bond donors (Lipinski definition) is 0. The Morgan fingerprint density at radius 2 is 1.24 bits per heavy atom. The molecule has 7 nitrogen and oxygen atoms in total. The van der Waals surface area contributed by atoms with E-state index < -0.39 is 37.3 Å². The van der Waals surface area contributed by atoms with E-state index in [9.17, 15) is 0 Å². The maximum absolute atomic E-state index is 7.28. The first-order chi connectivity index (χ1) is 20.7. The first kappa shape index (κ1) is 39.3. The highest BCUT2D eigenvalue weighted by molar-refractivity contribution is 7.71. The summed E-state index contributed by atoms with van der Waals surface area (Å²) in [5, 5.41) is 0.0508. The molecule has 0 bridgehead atoms. The second kappa shape index (κ2) is 13.6. The maximum atomic E-state index is 7.28. The van der Waals surface area contributed by atoms with Crippen molar-refractivity contribution in [3.05, 3.63) is 46.4 Å². The van der Waals surface area contributed by atoms with Gasteiger partial charge in [-0.2, -0.15) is 4.98 Å². The first-order valence-corrected chi connectivity index (χ1v) is 25.8. The lowest BCUT2D eigenvalue weighted by molar-refractivity contribution is -0.0501. The van der Waals surface area contributed by atoms with Gasteiger partial charge in [-0.3, -0.25) is 4.57 Å². The van der Waals surface area contributed by atoms with Gasteiger partial charge in [0.2, 0.25) is 10.7 Å². The summed E-state index contributed by atoms with van der Waals surface area (Å²) in [6, 6.07) is 7.95. The molecule has 46 heavy (non-hydrogen) atoms. The third-order valence-corrected chi connectivity index (χ3v) is 24.6. The minimum absolute atomic E-state index is 0.00199. The van der Waals surface area contributed by atoms with Crippen molar-refractivity contribution >= 4 is 37.2 Å². The summed E-state index contributed by atoms with van der Waals surface area (Å²) in [5.41, 5.74) is 2.09. The van der Waals surface area contributed by atoms with Crippen LogP contribution in [0, 0.1) is 18.6 Å². The molecule has 260 valence electrons. The molecular formula is C35H62N2O5SSi3. The summed E-state index contributed by atoms with van der Waals surface area (Å²) in [4.78, 5) is 4.73. The van der Waals surface area contributed by atoms with E-state index in [1.165, 1.54) is 0 Å². The fourth-order valence-electron chi connectivity index (χ4n) is 4.59. The van der Waals surface area contributed by atoms with Gasteiger partial charge < -0.3 is 22.8 Å². The van der Waals surface area contributed by atoms with Crippen LogP contribution >= 0.6 is 12.2 Å². The molecule has 0 unspecified atom stereocenters. The Bertz CT molecular complexity index is 1400. The van der Waals surface area contributed by atoms with Crippen molar-refractivity contribution in [1.82, 2.24) is 9.55 Å². The molecule has 0 saturated carbocycles. The monoisotopic (exact) mass is 706 g/mol. The zero-order valence-electron chi connectivity index (χ0n) is 31.7. The number of aryl methyl sites for hydroxylation is 2. The van der Waals surface area contributed by atoms with Gasteiger partial charge in [0.05, 0.1) is 6.61 Å². The molecule has 0 spiro atoms. The number of rotatable bonds is 10. The fourth-order valence-corrected chi connectivity index (χ4v) is 8.46. The summed E-state index contributed by atoms with van der Waals surface area (Å²) in [5.74, 6) is 1.24. The molecule has 4 atom stereocenters. The third kappa shape index (κ3) is 8.69. The van der Waals surface area contributed by atoms with Gasteiger partial charge in [-0.1, -0.05) is 80.5 Å². The van der Waals surface area contributed by atoms with E-state index in [-0.39, 0.29) is 27.3 Å². The topological polar surface area (TPSA) is 64.0 Å². The highest BCUT2D eigenvalue weighted by Gasteiger charge is 2.55. The predicted octanol–water partition coefficient (Wildman–Crippen LogP) is 10.7. The van der Waals surface area contributed by atoms with Crippen LogP contribution in [0.4, 0.5) is 0 Å². The summed E-state index contributed by atoms with van der Waals surface area (Å²) in [6.07, 6.45) is 0.312. The molecule has 2 heterocycles. The Morgan fingerprint density at radius 1 is 0.761 bits per heavy atom. The predicted molar refractivity (Wildman–Crippen MR) is 200 cm³/mol. The van der Waals surface area contributed by atoms with Crippen LogP contribution in [0.25, 0.3) is 0 Å². The fraction of sp³-hybridized carbons (Fsp3) is 0.714. The van der Waals surface area contributed by atoms with E-state index in [4.69, 9.17) is 40.0 Å². The van der Waals surface area contributed by atoms with Crippen LogP contribution in [0.2, 0.25) is 54.4 Å². The molecule has 1 saturated heterocycles. The standard InChI is InChI=1S/C35H62N2O5SSi3/c1-24-19-18-20-25(2)28(24)40-27-21-22-37(32(43)36-27)31-30(42-46(16,17)35(9,10)11)29(41-45(14,15)34(6,7)8)26(39-31)23-38-44(12,13)33(3,4)5/h18-22,26,29-31H,23H2,1-17H3/t26-,29-,30-,31-/m1/s1. The van der Waals surface area contributed by atoms with Gasteiger partial charge in [0.25, 0.3) is 0 Å². The Hall–Kier alpha value is -1.19. The van der Waals surface area contributed by atoms with Crippen molar-refractivity contribution in [2.45, 2.75) is 155 Å². The van der Waals surface area contributed by atoms with Crippen molar-refractivity contribution in [2.75, 3.05) is 6.61 Å². The zero-order chi connectivity index (χ0) is 35.3. The van der Waals surface area contributed by atoms with Crippen molar-refractivity contribution in [2.24, 2.45) is 0 Å². The Morgan fingerprint density at radius 3 is 1.70 bits per heavy atom. The Balaban J connectivity index is 2.12. The smallest absolute Gasteiger partial charge is 0.223 e. The number of aromatic nitrogens is 2. The molecule has 1 fully saturated rings. The van der Waals surface area contributed by atoms with Crippen molar-refractivity contribution in [3.63, 3.8) is 0 Å². The van der Waals surface area contributed by atoms with E-state index in [0.29, 0.717) is 17.3 Å². The van der Waals surface area contributed by atoms with E-state index in [2.05, 4.69) is 102 Å². The van der Waals surface area contributed by atoms with Crippen LogP contribution in [0.5, 0.6) is 11.6 Å². The Labute approximate surface area is 288 Å². The third-order valence-electron chi connectivity index (χ3n) is 10.9. The maximum Gasteiger partial charge on any atom is 0.223 e. The van der Waals surface area contributed by atoms with Gasteiger partial charge in [0, 0.05) is 12.3 Å². The molecular weight excluding hydrogens is 645 g/mol. The van der Waals surface area contributed by atoms with Crippen LogP contribution in [0.15, 0.2) is 30.5 Å². The van der Waals surface area contributed by atoms with E-state index >= 15 is 0 Å². The van der Waals surface area contributed by atoms with Gasteiger partial charge in [-0.15, -0.1) is 0 Å². The van der Waals surface area contributed by atoms with E-state index in [0.717, 1.165) is 16.9 Å².